The number of aromatic nitrogens is 5. The highest BCUT2D eigenvalue weighted by Crippen LogP contribution is 2.37. The molecule has 1 fully saturated rings. The summed E-state index contributed by atoms with van der Waals surface area (Å²) in [5, 5.41) is 0. The Bertz CT molecular complexity index is 1170. The van der Waals surface area contributed by atoms with Gasteiger partial charge in [-0.25, -0.2) is 14.4 Å². The molecule has 0 aliphatic heterocycles. The van der Waals surface area contributed by atoms with Crippen LogP contribution in [-0.2, 0) is 6.61 Å². The summed E-state index contributed by atoms with van der Waals surface area (Å²) in [6.45, 7) is 0.337. The fourth-order valence-electron chi connectivity index (χ4n) is 4.24. The third-order valence-electron chi connectivity index (χ3n) is 5.85. The van der Waals surface area contributed by atoms with Crippen molar-refractivity contribution in [2.45, 2.75) is 44.8 Å². The summed E-state index contributed by atoms with van der Waals surface area (Å²) in [5.41, 5.74) is 4.24. The van der Waals surface area contributed by atoms with Crippen LogP contribution in [0.4, 0.5) is 4.39 Å². The summed E-state index contributed by atoms with van der Waals surface area (Å²) in [6, 6.07) is 12.8. The highest BCUT2D eigenvalue weighted by Gasteiger charge is 2.23. The van der Waals surface area contributed by atoms with Crippen molar-refractivity contribution < 1.29 is 9.13 Å². The van der Waals surface area contributed by atoms with E-state index in [-0.39, 0.29) is 5.82 Å². The summed E-state index contributed by atoms with van der Waals surface area (Å²) in [5.74, 6) is -0.268. The number of hydrogen-bond donors (Lipinski definition) is 0. The van der Waals surface area contributed by atoms with Crippen molar-refractivity contribution in [3.63, 3.8) is 0 Å². The number of nitrogens with zero attached hydrogens (tertiary/aromatic N) is 5. The van der Waals surface area contributed by atoms with Crippen molar-refractivity contribution in [1.82, 2.24) is 24.5 Å². The van der Waals surface area contributed by atoms with Crippen molar-refractivity contribution in [3.05, 3.63) is 78.8 Å². The third kappa shape index (κ3) is 4.37. The molecule has 0 bridgehead atoms. The molecule has 4 aromatic rings. The second kappa shape index (κ2) is 9.26. The fraction of sp³-hybridized carbons (Fsp3) is 0.280. The normalized spacial score (nSPS) is 14.4. The topological polar surface area (TPSA) is 65.7 Å². The van der Waals surface area contributed by atoms with Crippen LogP contribution >= 0.6 is 0 Å². The van der Waals surface area contributed by atoms with Gasteiger partial charge in [0, 0.05) is 35.8 Å². The van der Waals surface area contributed by atoms with Gasteiger partial charge in [0.2, 0.25) is 0 Å². The SMILES string of the molecule is Fc1ccc(-c2ncn(C3CCCCC3)c2-c2ccnc(OCc3cccnc3)n2)cc1. The van der Waals surface area contributed by atoms with Crippen molar-refractivity contribution in [1.29, 1.82) is 0 Å². The molecular weight excluding hydrogens is 405 g/mol. The Morgan fingerprint density at radius 3 is 2.59 bits per heavy atom. The average molecular weight is 429 g/mol. The molecule has 0 saturated heterocycles. The van der Waals surface area contributed by atoms with E-state index in [0.717, 1.165) is 41.1 Å². The van der Waals surface area contributed by atoms with E-state index in [1.54, 1.807) is 30.7 Å². The first-order valence-electron chi connectivity index (χ1n) is 11.0. The lowest BCUT2D eigenvalue weighted by Gasteiger charge is -2.25. The standard InChI is InChI=1S/C25H24FN5O/c26-20-10-8-19(9-11-20)23-24(31(17-29-23)21-6-2-1-3-7-21)22-12-14-28-25(30-22)32-16-18-5-4-13-27-15-18/h4-5,8-15,17,21H,1-3,6-7,16H2. The molecule has 0 amide bonds. The third-order valence-corrected chi connectivity index (χ3v) is 5.85. The van der Waals surface area contributed by atoms with Crippen LogP contribution in [0, 0.1) is 5.82 Å². The van der Waals surface area contributed by atoms with Crippen LogP contribution in [-0.4, -0.2) is 24.5 Å². The number of imidazole rings is 1. The van der Waals surface area contributed by atoms with E-state index in [2.05, 4.69) is 14.5 Å². The molecule has 1 saturated carbocycles. The molecule has 1 aromatic carbocycles. The molecule has 1 aliphatic rings. The lowest BCUT2D eigenvalue weighted by atomic mass is 9.95. The zero-order valence-corrected chi connectivity index (χ0v) is 17.7. The Morgan fingerprint density at radius 2 is 1.81 bits per heavy atom. The van der Waals surface area contributed by atoms with Gasteiger partial charge in [-0.15, -0.1) is 0 Å². The van der Waals surface area contributed by atoms with Crippen LogP contribution < -0.4 is 4.74 Å². The number of pyridine rings is 1. The minimum absolute atomic E-state index is 0.268. The van der Waals surface area contributed by atoms with Gasteiger partial charge >= 0.3 is 6.01 Å². The Kier molecular flexibility index (Phi) is 5.87. The maximum absolute atomic E-state index is 13.5. The lowest BCUT2D eigenvalue weighted by Crippen LogP contribution is -2.13. The van der Waals surface area contributed by atoms with Crippen molar-refractivity contribution in [2.75, 3.05) is 0 Å². The Hall–Kier alpha value is -3.61. The first-order valence-corrected chi connectivity index (χ1v) is 11.0. The molecular formula is C25H24FN5O. The summed E-state index contributed by atoms with van der Waals surface area (Å²) in [4.78, 5) is 17.8. The second-order valence-electron chi connectivity index (χ2n) is 8.02. The number of ether oxygens (including phenoxy) is 1. The summed E-state index contributed by atoms with van der Waals surface area (Å²) < 4.78 is 21.6. The fourth-order valence-corrected chi connectivity index (χ4v) is 4.24. The van der Waals surface area contributed by atoms with Crippen molar-refractivity contribution in [2.24, 2.45) is 0 Å². The molecule has 7 heteroatoms. The zero-order chi connectivity index (χ0) is 21.8. The van der Waals surface area contributed by atoms with Crippen LogP contribution in [0.2, 0.25) is 0 Å². The minimum Gasteiger partial charge on any atom is -0.459 e. The number of rotatable bonds is 6. The van der Waals surface area contributed by atoms with E-state index in [1.807, 2.05) is 24.5 Å². The Labute approximate surface area is 186 Å². The first kappa shape index (κ1) is 20.3. The van der Waals surface area contributed by atoms with Gasteiger partial charge in [0.1, 0.15) is 12.4 Å². The number of halogens is 1. The van der Waals surface area contributed by atoms with Gasteiger partial charge in [0.05, 0.1) is 23.4 Å². The number of benzene rings is 1. The lowest BCUT2D eigenvalue weighted by molar-refractivity contribution is 0.280. The van der Waals surface area contributed by atoms with Gasteiger partial charge in [0.15, 0.2) is 0 Å². The molecule has 162 valence electrons. The monoisotopic (exact) mass is 429 g/mol. The van der Waals surface area contributed by atoms with Crippen LogP contribution in [0.15, 0.2) is 67.4 Å². The summed E-state index contributed by atoms with van der Waals surface area (Å²) in [7, 11) is 0. The predicted octanol–water partition coefficient (Wildman–Crippen LogP) is 5.63. The second-order valence-corrected chi connectivity index (χ2v) is 8.02. The maximum Gasteiger partial charge on any atom is 0.317 e. The van der Waals surface area contributed by atoms with Crippen LogP contribution in [0.25, 0.3) is 22.6 Å². The van der Waals surface area contributed by atoms with Gasteiger partial charge in [-0.3, -0.25) is 4.98 Å². The number of hydrogen-bond acceptors (Lipinski definition) is 5. The molecule has 0 unspecified atom stereocenters. The molecule has 3 aromatic heterocycles. The van der Waals surface area contributed by atoms with Crippen LogP contribution in [0.5, 0.6) is 6.01 Å². The maximum atomic E-state index is 13.5. The highest BCUT2D eigenvalue weighted by atomic mass is 19.1. The summed E-state index contributed by atoms with van der Waals surface area (Å²) in [6.07, 6.45) is 13.0. The first-order chi connectivity index (χ1) is 15.8. The molecule has 5 rings (SSSR count). The van der Waals surface area contributed by atoms with E-state index >= 15 is 0 Å². The molecule has 0 N–H and O–H groups in total. The molecule has 0 spiro atoms. The van der Waals surface area contributed by atoms with Gasteiger partial charge in [-0.1, -0.05) is 25.3 Å². The Morgan fingerprint density at radius 1 is 0.969 bits per heavy atom. The van der Waals surface area contributed by atoms with Crippen LogP contribution in [0.1, 0.15) is 43.7 Å². The predicted molar refractivity (Wildman–Crippen MR) is 119 cm³/mol. The van der Waals surface area contributed by atoms with Gasteiger partial charge in [0.25, 0.3) is 0 Å². The van der Waals surface area contributed by atoms with Crippen molar-refractivity contribution in [3.8, 4) is 28.7 Å². The van der Waals surface area contributed by atoms with E-state index in [0.29, 0.717) is 18.7 Å². The minimum atomic E-state index is -0.268. The van der Waals surface area contributed by atoms with E-state index in [9.17, 15) is 4.39 Å². The smallest absolute Gasteiger partial charge is 0.317 e. The quantitative estimate of drug-likeness (QED) is 0.398. The molecule has 32 heavy (non-hydrogen) atoms. The van der Waals surface area contributed by atoms with Crippen LogP contribution in [0.3, 0.4) is 0 Å². The highest BCUT2D eigenvalue weighted by molar-refractivity contribution is 5.77. The molecule has 0 radical (unpaired) electrons. The molecule has 1 aliphatic carbocycles. The van der Waals surface area contributed by atoms with Gasteiger partial charge < -0.3 is 9.30 Å². The van der Waals surface area contributed by atoms with Gasteiger partial charge in [-0.2, -0.15) is 4.98 Å². The zero-order valence-electron chi connectivity index (χ0n) is 17.7. The van der Waals surface area contributed by atoms with Gasteiger partial charge in [-0.05, 0) is 49.2 Å². The summed E-state index contributed by atoms with van der Waals surface area (Å²) >= 11 is 0. The van der Waals surface area contributed by atoms with E-state index < -0.39 is 0 Å². The average Bonchev–Trinajstić information content (AvgIpc) is 3.30. The molecule has 0 atom stereocenters. The largest absolute Gasteiger partial charge is 0.459 e. The van der Waals surface area contributed by atoms with E-state index in [4.69, 9.17) is 14.7 Å². The molecule has 6 nitrogen and oxygen atoms in total. The van der Waals surface area contributed by atoms with Crippen molar-refractivity contribution >= 4 is 0 Å². The Balaban J connectivity index is 1.52. The molecule has 3 heterocycles. The van der Waals surface area contributed by atoms with E-state index in [1.165, 1.54) is 31.4 Å².